The zero-order chi connectivity index (χ0) is 12.4. The van der Waals surface area contributed by atoms with E-state index in [-0.39, 0.29) is 19.1 Å². The number of nitrogens with zero attached hydrogens (tertiary/aromatic N) is 1. The predicted octanol–water partition coefficient (Wildman–Crippen LogP) is 1.24. The fraction of sp³-hybridized carbons (Fsp3) is 0.636. The van der Waals surface area contributed by atoms with E-state index in [2.05, 4.69) is 6.92 Å². The Morgan fingerprint density at radius 1 is 1.56 bits per heavy atom. The number of rotatable bonds is 8. The first kappa shape index (κ1) is 14.6. The minimum atomic E-state index is -1.12. The third kappa shape index (κ3) is 7.00. The summed E-state index contributed by atoms with van der Waals surface area (Å²) >= 11 is 0. The van der Waals surface area contributed by atoms with Crippen molar-refractivity contribution in [2.75, 3.05) is 13.1 Å². The van der Waals surface area contributed by atoms with Gasteiger partial charge in [-0.15, -0.1) is 0 Å². The molecule has 0 aliphatic carbocycles. The Labute approximate surface area is 95.9 Å². The van der Waals surface area contributed by atoms with Gasteiger partial charge in [-0.1, -0.05) is 31.9 Å². The van der Waals surface area contributed by atoms with Gasteiger partial charge in [0.25, 0.3) is 0 Å². The molecule has 1 atom stereocenters. The Morgan fingerprint density at radius 3 is 2.75 bits per heavy atom. The molecule has 3 N–H and O–H groups in total. The van der Waals surface area contributed by atoms with E-state index in [4.69, 9.17) is 10.8 Å². The Balaban J connectivity index is 3.98. The molecule has 0 bridgehead atoms. The third-order valence-corrected chi connectivity index (χ3v) is 2.10. The van der Waals surface area contributed by atoms with E-state index in [1.54, 1.807) is 6.08 Å². The Morgan fingerprint density at radius 2 is 2.25 bits per heavy atom. The van der Waals surface area contributed by atoms with Gasteiger partial charge in [0.05, 0.1) is 6.54 Å². The van der Waals surface area contributed by atoms with Crippen molar-refractivity contribution in [3.8, 4) is 0 Å². The quantitative estimate of drug-likeness (QED) is 0.372. The molecule has 0 heterocycles. The summed E-state index contributed by atoms with van der Waals surface area (Å²) in [6.45, 7) is 2.12. The molecule has 0 radical (unpaired) electrons. The molecule has 0 rings (SSSR count). The van der Waals surface area contributed by atoms with Crippen LogP contribution in [-0.4, -0.2) is 41.5 Å². The molecule has 0 aromatic heterocycles. The van der Waals surface area contributed by atoms with Crippen LogP contribution in [0.5, 0.6) is 0 Å². The van der Waals surface area contributed by atoms with E-state index in [1.807, 2.05) is 6.08 Å². The molecule has 5 heteroatoms. The Hall–Kier alpha value is -1.36. The standard InChI is InChI=1S/C11H20N2O3/c1-2-3-4-5-6-10(12)9-13(7-8-14)11(15)16/h5-6,8,10H,2-4,7,9,12H2,1H3,(H,15,16). The SMILES string of the molecule is CCCCC=CC(N)CN(CC=O)C(=O)O. The summed E-state index contributed by atoms with van der Waals surface area (Å²) < 4.78 is 0. The van der Waals surface area contributed by atoms with Gasteiger partial charge in [-0.3, -0.25) is 4.90 Å². The molecular formula is C11H20N2O3. The monoisotopic (exact) mass is 228 g/mol. The molecule has 16 heavy (non-hydrogen) atoms. The second kappa shape index (κ2) is 8.91. The highest BCUT2D eigenvalue weighted by Crippen LogP contribution is 1.97. The maximum Gasteiger partial charge on any atom is 0.407 e. The van der Waals surface area contributed by atoms with Gasteiger partial charge < -0.3 is 15.6 Å². The van der Waals surface area contributed by atoms with Crippen molar-refractivity contribution in [3.63, 3.8) is 0 Å². The first-order valence-electron chi connectivity index (χ1n) is 5.45. The molecule has 0 fully saturated rings. The second-order valence-corrected chi connectivity index (χ2v) is 3.59. The Bertz CT molecular complexity index is 241. The number of nitrogens with two attached hydrogens (primary N) is 1. The van der Waals surface area contributed by atoms with Gasteiger partial charge in [-0.2, -0.15) is 0 Å². The maximum absolute atomic E-state index is 10.7. The van der Waals surface area contributed by atoms with E-state index in [9.17, 15) is 9.59 Å². The van der Waals surface area contributed by atoms with Gasteiger partial charge in [-0.05, 0) is 6.42 Å². The first-order chi connectivity index (χ1) is 7.61. The number of amides is 1. The number of carbonyl (C=O) groups is 2. The summed E-state index contributed by atoms with van der Waals surface area (Å²) in [5.74, 6) is 0. The van der Waals surface area contributed by atoms with Gasteiger partial charge in [-0.25, -0.2) is 4.79 Å². The lowest BCUT2D eigenvalue weighted by molar-refractivity contribution is -0.108. The number of aldehydes is 1. The molecule has 1 amide bonds. The van der Waals surface area contributed by atoms with Crippen LogP contribution in [-0.2, 0) is 4.79 Å². The minimum Gasteiger partial charge on any atom is -0.465 e. The summed E-state index contributed by atoms with van der Waals surface area (Å²) in [7, 11) is 0. The smallest absolute Gasteiger partial charge is 0.407 e. The zero-order valence-electron chi connectivity index (χ0n) is 9.63. The number of hydrogen-bond donors (Lipinski definition) is 2. The van der Waals surface area contributed by atoms with Crippen LogP contribution >= 0.6 is 0 Å². The van der Waals surface area contributed by atoms with E-state index < -0.39 is 6.09 Å². The van der Waals surface area contributed by atoms with Crippen molar-refractivity contribution < 1.29 is 14.7 Å². The van der Waals surface area contributed by atoms with Crippen LogP contribution in [0.15, 0.2) is 12.2 Å². The summed E-state index contributed by atoms with van der Waals surface area (Å²) in [4.78, 5) is 21.9. The molecule has 0 saturated heterocycles. The largest absolute Gasteiger partial charge is 0.465 e. The van der Waals surface area contributed by atoms with Crippen LogP contribution in [0.3, 0.4) is 0 Å². The van der Waals surface area contributed by atoms with Crippen molar-refractivity contribution in [2.24, 2.45) is 5.73 Å². The van der Waals surface area contributed by atoms with E-state index in [1.165, 1.54) is 0 Å². The normalized spacial score (nSPS) is 12.6. The number of carboxylic acid groups (broad SMARTS) is 1. The zero-order valence-corrected chi connectivity index (χ0v) is 9.63. The molecule has 0 aliphatic heterocycles. The van der Waals surface area contributed by atoms with Gasteiger partial charge >= 0.3 is 6.09 Å². The maximum atomic E-state index is 10.7. The number of allylic oxidation sites excluding steroid dienone is 1. The number of unbranched alkanes of at least 4 members (excludes halogenated alkanes) is 2. The van der Waals surface area contributed by atoms with Gasteiger partial charge in [0, 0.05) is 12.6 Å². The summed E-state index contributed by atoms with van der Waals surface area (Å²) in [5, 5.41) is 8.75. The summed E-state index contributed by atoms with van der Waals surface area (Å²) in [5.41, 5.74) is 5.72. The minimum absolute atomic E-state index is 0.133. The van der Waals surface area contributed by atoms with Crippen LogP contribution < -0.4 is 5.73 Å². The lowest BCUT2D eigenvalue weighted by Gasteiger charge is -2.18. The first-order valence-corrected chi connectivity index (χ1v) is 5.45. The van der Waals surface area contributed by atoms with Crippen molar-refractivity contribution in [1.29, 1.82) is 0 Å². The van der Waals surface area contributed by atoms with Crippen molar-refractivity contribution in [3.05, 3.63) is 12.2 Å². The molecule has 92 valence electrons. The highest BCUT2D eigenvalue weighted by molar-refractivity contribution is 5.69. The molecule has 0 aliphatic rings. The second-order valence-electron chi connectivity index (χ2n) is 3.59. The number of carbonyl (C=O) groups excluding carboxylic acids is 1. The third-order valence-electron chi connectivity index (χ3n) is 2.10. The highest BCUT2D eigenvalue weighted by Gasteiger charge is 2.13. The average Bonchev–Trinajstić information content (AvgIpc) is 2.23. The van der Waals surface area contributed by atoms with Crippen molar-refractivity contribution >= 4 is 12.4 Å². The van der Waals surface area contributed by atoms with Crippen LogP contribution in [0.25, 0.3) is 0 Å². The molecular weight excluding hydrogens is 208 g/mol. The van der Waals surface area contributed by atoms with Crippen LogP contribution in [0.4, 0.5) is 4.79 Å². The van der Waals surface area contributed by atoms with Crippen LogP contribution in [0.2, 0.25) is 0 Å². The van der Waals surface area contributed by atoms with Crippen molar-refractivity contribution in [1.82, 2.24) is 4.90 Å². The predicted molar refractivity (Wildman–Crippen MR) is 62.3 cm³/mol. The lowest BCUT2D eigenvalue weighted by Crippen LogP contribution is -2.40. The lowest BCUT2D eigenvalue weighted by atomic mass is 10.2. The molecule has 0 spiro atoms. The van der Waals surface area contributed by atoms with E-state index in [0.717, 1.165) is 24.2 Å². The van der Waals surface area contributed by atoms with E-state index in [0.29, 0.717) is 6.29 Å². The Kier molecular flexibility index (Phi) is 8.15. The summed E-state index contributed by atoms with van der Waals surface area (Å²) in [6.07, 6.45) is 6.34. The van der Waals surface area contributed by atoms with Gasteiger partial charge in [0.15, 0.2) is 0 Å². The molecule has 5 nitrogen and oxygen atoms in total. The average molecular weight is 228 g/mol. The van der Waals surface area contributed by atoms with Crippen LogP contribution in [0, 0.1) is 0 Å². The number of hydrogen-bond acceptors (Lipinski definition) is 3. The van der Waals surface area contributed by atoms with Crippen LogP contribution in [0.1, 0.15) is 26.2 Å². The van der Waals surface area contributed by atoms with E-state index >= 15 is 0 Å². The highest BCUT2D eigenvalue weighted by atomic mass is 16.4. The summed E-state index contributed by atoms with van der Waals surface area (Å²) in [6, 6.07) is -0.354. The molecule has 0 aromatic rings. The van der Waals surface area contributed by atoms with Gasteiger partial charge in [0.1, 0.15) is 6.29 Å². The molecule has 0 aromatic carbocycles. The molecule has 0 saturated carbocycles. The fourth-order valence-corrected chi connectivity index (χ4v) is 1.23. The molecule has 1 unspecified atom stereocenters. The van der Waals surface area contributed by atoms with Crippen molar-refractivity contribution in [2.45, 2.75) is 32.2 Å². The topological polar surface area (TPSA) is 83.6 Å². The van der Waals surface area contributed by atoms with Gasteiger partial charge in [0.2, 0.25) is 0 Å². The fourth-order valence-electron chi connectivity index (χ4n) is 1.23.